The predicted octanol–water partition coefficient (Wildman–Crippen LogP) is 6.78. The quantitative estimate of drug-likeness (QED) is 0.0444. The lowest BCUT2D eigenvalue weighted by Crippen LogP contribution is -2.09. The van der Waals surface area contributed by atoms with E-state index in [0.29, 0.717) is 12.2 Å². The summed E-state index contributed by atoms with van der Waals surface area (Å²) in [5, 5.41) is 14.7. The Hall–Kier alpha value is -6.25. The molecule has 7 N–H and O–H groups in total. The third-order valence-electron chi connectivity index (χ3n) is 7.18. The number of benzene rings is 4. The van der Waals surface area contributed by atoms with Crippen LogP contribution in [-0.4, -0.2) is 62.4 Å². The van der Waals surface area contributed by atoms with E-state index >= 15 is 0 Å². The van der Waals surface area contributed by atoms with Crippen LogP contribution in [0.5, 0.6) is 0 Å². The Balaban J connectivity index is 1.26. The minimum Gasteiger partial charge on any atom is -0.354 e. The summed E-state index contributed by atoms with van der Waals surface area (Å²) in [6.45, 7) is 2.38. The van der Waals surface area contributed by atoms with E-state index in [1.807, 2.05) is 55.5 Å². The minimum absolute atomic E-state index is 0.000214. The van der Waals surface area contributed by atoms with E-state index < -0.39 is 30.0 Å². The SMILES string of the molecule is CCNc1nc(Nc2ccccc2)nc(Nc2ccc(/C=C/c3ccc(Nc4nc(Cl)nc(Nc5ccccc5)n4)cc3S(=O)(=O)O)c(S(=O)(=O)O)c2)n1. The molecule has 54 heavy (non-hydrogen) atoms. The van der Waals surface area contributed by atoms with Gasteiger partial charge in [0.2, 0.25) is 35.0 Å². The predicted molar refractivity (Wildman–Crippen MR) is 206 cm³/mol. The van der Waals surface area contributed by atoms with Crippen LogP contribution in [0.4, 0.5) is 52.5 Å². The highest BCUT2D eigenvalue weighted by Gasteiger charge is 2.19. The Kier molecular flexibility index (Phi) is 11.2. The van der Waals surface area contributed by atoms with Gasteiger partial charge >= 0.3 is 0 Å². The first-order valence-electron chi connectivity index (χ1n) is 15.8. The third-order valence-corrected chi connectivity index (χ3v) is 9.16. The van der Waals surface area contributed by atoms with Crippen molar-refractivity contribution < 1.29 is 25.9 Å². The van der Waals surface area contributed by atoms with Crippen LogP contribution in [0.3, 0.4) is 0 Å². The maximum atomic E-state index is 12.5. The van der Waals surface area contributed by atoms with Crippen LogP contribution in [-0.2, 0) is 20.2 Å². The highest BCUT2D eigenvalue weighted by atomic mass is 35.5. The van der Waals surface area contributed by atoms with Crippen LogP contribution < -0.4 is 26.6 Å². The van der Waals surface area contributed by atoms with E-state index in [9.17, 15) is 25.9 Å². The van der Waals surface area contributed by atoms with E-state index in [1.54, 1.807) is 12.1 Å². The van der Waals surface area contributed by atoms with E-state index in [2.05, 4.69) is 56.5 Å². The molecule has 17 nitrogen and oxygen atoms in total. The summed E-state index contributed by atoms with van der Waals surface area (Å²) in [7, 11) is -9.62. The van der Waals surface area contributed by atoms with Crippen LogP contribution in [0.15, 0.2) is 107 Å². The number of anilines is 9. The van der Waals surface area contributed by atoms with Gasteiger partial charge < -0.3 is 26.6 Å². The lowest BCUT2D eigenvalue weighted by molar-refractivity contribution is 0.480. The minimum atomic E-state index is -4.81. The van der Waals surface area contributed by atoms with Crippen molar-refractivity contribution in [2.75, 3.05) is 33.1 Å². The lowest BCUT2D eigenvalue weighted by Gasteiger charge is -2.12. The Labute approximate surface area is 314 Å². The van der Waals surface area contributed by atoms with Gasteiger partial charge in [0.05, 0.1) is 0 Å². The largest absolute Gasteiger partial charge is 0.354 e. The second-order valence-electron chi connectivity index (χ2n) is 11.1. The monoisotopic (exact) mass is 787 g/mol. The van der Waals surface area contributed by atoms with Gasteiger partial charge in [0, 0.05) is 29.3 Å². The fourth-order valence-corrected chi connectivity index (χ4v) is 6.45. The van der Waals surface area contributed by atoms with Crippen LogP contribution in [0, 0.1) is 0 Å². The summed E-state index contributed by atoms with van der Waals surface area (Å²) >= 11 is 6.09. The summed E-state index contributed by atoms with van der Waals surface area (Å²) in [6, 6.07) is 26.3. The molecule has 0 radical (unpaired) electrons. The summed E-state index contributed by atoms with van der Waals surface area (Å²) in [4.78, 5) is 24.3. The van der Waals surface area contributed by atoms with Gasteiger partial charge in [0.25, 0.3) is 20.2 Å². The number of para-hydroxylation sites is 2. The topological polar surface area (TPSA) is 246 Å². The van der Waals surface area contributed by atoms with Gasteiger partial charge in [0.15, 0.2) is 0 Å². The molecule has 20 heteroatoms. The van der Waals surface area contributed by atoms with Crippen LogP contribution >= 0.6 is 11.6 Å². The van der Waals surface area contributed by atoms with Gasteiger partial charge in [-0.3, -0.25) is 9.11 Å². The van der Waals surface area contributed by atoms with Gasteiger partial charge in [-0.25, -0.2) is 0 Å². The van der Waals surface area contributed by atoms with E-state index in [0.717, 1.165) is 17.8 Å². The Bertz CT molecular complexity index is 2550. The Morgan fingerprint density at radius 1 is 0.537 bits per heavy atom. The summed E-state index contributed by atoms with van der Waals surface area (Å²) < 4.78 is 70.2. The molecule has 6 rings (SSSR count). The highest BCUT2D eigenvalue weighted by molar-refractivity contribution is 7.86. The normalized spacial score (nSPS) is 11.6. The molecular weight excluding hydrogens is 758 g/mol. The maximum Gasteiger partial charge on any atom is 0.295 e. The number of nitrogens with zero attached hydrogens (tertiary/aromatic N) is 6. The van der Waals surface area contributed by atoms with Gasteiger partial charge in [0.1, 0.15) is 9.79 Å². The number of aromatic nitrogens is 6. The molecule has 0 bridgehead atoms. The molecule has 6 aromatic rings. The maximum absolute atomic E-state index is 12.5. The smallest absolute Gasteiger partial charge is 0.295 e. The van der Waals surface area contributed by atoms with Crippen LogP contribution in [0.1, 0.15) is 18.1 Å². The van der Waals surface area contributed by atoms with Crippen molar-refractivity contribution in [3.05, 3.63) is 113 Å². The molecule has 0 saturated carbocycles. The molecule has 4 aromatic carbocycles. The molecule has 0 saturated heterocycles. The number of hydrogen-bond acceptors (Lipinski definition) is 15. The van der Waals surface area contributed by atoms with Crippen molar-refractivity contribution in [1.82, 2.24) is 29.9 Å². The van der Waals surface area contributed by atoms with E-state index in [4.69, 9.17) is 11.6 Å². The van der Waals surface area contributed by atoms with Crippen molar-refractivity contribution in [1.29, 1.82) is 0 Å². The van der Waals surface area contributed by atoms with Crippen LogP contribution in [0.2, 0.25) is 5.28 Å². The molecule has 276 valence electrons. The standard InChI is InChI=1S/C34H30ClN11O6S2/c1-2-36-30-43-33(38-24-11-7-4-8-12-24)46-34(44-30)40-26-18-16-22(28(20-26)54(50,51)52)14-13-21-15-17-25(19-27(21)53(47,48)49)39-32-42-29(35)41-31(45-32)37-23-9-5-3-6-10-23/h3-20H,2H2,1H3,(H,47,48,49)(H,50,51,52)(H2,37,39,41,42,45)(H3,36,38,40,43,44,46)/b14-13+. The Morgan fingerprint density at radius 3 is 1.30 bits per heavy atom. The second-order valence-corrected chi connectivity index (χ2v) is 14.2. The summed E-state index contributed by atoms with van der Waals surface area (Å²) in [5.74, 6) is 0.620. The van der Waals surface area contributed by atoms with Crippen molar-refractivity contribution in [3.63, 3.8) is 0 Å². The number of rotatable bonds is 14. The van der Waals surface area contributed by atoms with Crippen molar-refractivity contribution in [2.45, 2.75) is 16.7 Å². The second kappa shape index (κ2) is 16.2. The van der Waals surface area contributed by atoms with Crippen molar-refractivity contribution >= 4 is 96.5 Å². The molecule has 0 aliphatic carbocycles. The molecule has 0 unspecified atom stereocenters. The molecule has 0 atom stereocenters. The van der Waals surface area contributed by atoms with Gasteiger partial charge in [-0.1, -0.05) is 60.7 Å². The van der Waals surface area contributed by atoms with Gasteiger partial charge in [-0.2, -0.15) is 46.7 Å². The first-order chi connectivity index (χ1) is 25.8. The molecule has 2 heterocycles. The van der Waals surface area contributed by atoms with E-state index in [1.165, 1.54) is 36.4 Å². The van der Waals surface area contributed by atoms with Crippen LogP contribution in [0.25, 0.3) is 12.2 Å². The lowest BCUT2D eigenvalue weighted by atomic mass is 10.1. The zero-order chi connectivity index (χ0) is 38.3. The number of halogens is 1. The summed E-state index contributed by atoms with van der Waals surface area (Å²) in [5.41, 5.74) is 1.77. The highest BCUT2D eigenvalue weighted by Crippen LogP contribution is 2.29. The fraction of sp³-hybridized carbons (Fsp3) is 0.0588. The first kappa shape index (κ1) is 37.5. The van der Waals surface area contributed by atoms with E-state index in [-0.39, 0.29) is 57.5 Å². The molecule has 0 fully saturated rings. The third kappa shape index (κ3) is 9.99. The van der Waals surface area contributed by atoms with Gasteiger partial charge in [-0.05, 0) is 78.2 Å². The molecule has 0 aliphatic heterocycles. The summed E-state index contributed by atoms with van der Waals surface area (Å²) in [6.07, 6.45) is 2.53. The zero-order valence-corrected chi connectivity index (χ0v) is 30.4. The molecule has 2 aromatic heterocycles. The molecular formula is C34H30ClN11O6S2. The molecule has 0 aliphatic rings. The molecule has 0 spiro atoms. The van der Waals surface area contributed by atoms with Crippen molar-refractivity contribution in [3.8, 4) is 0 Å². The average Bonchev–Trinajstić information content (AvgIpc) is 3.11. The fourth-order valence-electron chi connectivity index (χ4n) is 4.87. The number of nitrogens with one attached hydrogen (secondary N) is 5. The Morgan fingerprint density at radius 2 is 0.907 bits per heavy atom. The van der Waals surface area contributed by atoms with Crippen molar-refractivity contribution in [2.24, 2.45) is 0 Å². The first-order valence-corrected chi connectivity index (χ1v) is 19.1. The molecule has 0 amide bonds. The average molecular weight is 788 g/mol. The van der Waals surface area contributed by atoms with Gasteiger partial charge in [-0.15, -0.1) is 0 Å². The zero-order valence-electron chi connectivity index (χ0n) is 28.0. The number of hydrogen-bond donors (Lipinski definition) is 7.